The van der Waals surface area contributed by atoms with E-state index < -0.39 is 5.97 Å². The molecular weight excluding hydrogens is 188 g/mol. The number of hydrogen-bond donors (Lipinski definition) is 1. The Hall–Kier alpha value is -2.09. The fourth-order valence-electron chi connectivity index (χ4n) is 2.09. The fourth-order valence-corrected chi connectivity index (χ4v) is 2.09. The van der Waals surface area contributed by atoms with E-state index in [4.69, 9.17) is 5.11 Å². The second kappa shape index (κ2) is 2.70. The van der Waals surface area contributed by atoms with Crippen LogP contribution in [-0.4, -0.2) is 11.1 Å². The summed E-state index contributed by atoms with van der Waals surface area (Å²) in [7, 11) is 0. The average molecular weight is 196 g/mol. The van der Waals surface area contributed by atoms with Crippen molar-refractivity contribution in [1.82, 2.24) is 0 Å². The largest absolute Gasteiger partial charge is 0.478 e. The molecule has 0 saturated carbocycles. The number of fused-ring (bicyclic) bond motifs is 3. The Morgan fingerprint density at radius 2 is 1.93 bits per heavy atom. The number of rotatable bonds is 1. The number of allylic oxidation sites excluding steroid dienone is 2. The molecule has 0 unspecified atom stereocenters. The van der Waals surface area contributed by atoms with Crippen molar-refractivity contribution in [1.29, 1.82) is 0 Å². The van der Waals surface area contributed by atoms with Crippen LogP contribution in [0.25, 0.3) is 23.8 Å². The summed E-state index contributed by atoms with van der Waals surface area (Å²) in [5.74, 6) is -0.865. The predicted octanol–water partition coefficient (Wildman–Crippen LogP) is 0.756. The van der Waals surface area contributed by atoms with Crippen LogP contribution in [0.4, 0.5) is 0 Å². The summed E-state index contributed by atoms with van der Waals surface area (Å²) >= 11 is 0. The molecule has 0 saturated heterocycles. The van der Waals surface area contributed by atoms with E-state index in [0.717, 1.165) is 21.6 Å². The molecule has 1 N–H and O–H groups in total. The van der Waals surface area contributed by atoms with Gasteiger partial charge in [-0.15, -0.1) is 0 Å². The third-order valence-electron chi connectivity index (χ3n) is 2.80. The summed E-state index contributed by atoms with van der Waals surface area (Å²) in [4.78, 5) is 11.0. The van der Waals surface area contributed by atoms with Crippen LogP contribution >= 0.6 is 0 Å². The molecular formula is C13H8O2. The molecule has 1 aromatic carbocycles. The molecule has 3 rings (SSSR count). The first kappa shape index (κ1) is 8.24. The summed E-state index contributed by atoms with van der Waals surface area (Å²) in [5, 5.41) is 11.1. The van der Waals surface area contributed by atoms with E-state index in [0.29, 0.717) is 5.57 Å². The minimum absolute atomic E-state index is 0.383. The van der Waals surface area contributed by atoms with Crippen molar-refractivity contribution in [2.24, 2.45) is 0 Å². The maximum Gasteiger partial charge on any atom is 0.336 e. The Morgan fingerprint density at radius 3 is 2.73 bits per heavy atom. The number of carboxylic acid groups (broad SMARTS) is 1. The van der Waals surface area contributed by atoms with Crippen molar-refractivity contribution < 1.29 is 9.90 Å². The SMILES string of the molecule is O=C(O)C1=CC=c2c1ccc1c2=CC=C1. The van der Waals surface area contributed by atoms with Gasteiger partial charge in [0.15, 0.2) is 0 Å². The quantitative estimate of drug-likeness (QED) is 0.719. The third-order valence-corrected chi connectivity index (χ3v) is 2.80. The normalized spacial score (nSPS) is 15.1. The maximum atomic E-state index is 11.0. The minimum atomic E-state index is -0.865. The molecule has 0 aromatic heterocycles. The average Bonchev–Trinajstić information content (AvgIpc) is 2.82. The number of hydrogen-bond acceptors (Lipinski definition) is 1. The molecule has 0 radical (unpaired) electrons. The Balaban J connectivity index is 2.34. The summed E-state index contributed by atoms with van der Waals surface area (Å²) in [5.41, 5.74) is 2.36. The number of carboxylic acids is 1. The molecule has 2 aliphatic rings. The molecule has 0 bridgehead atoms. The number of benzene rings is 1. The molecule has 0 atom stereocenters. The lowest BCUT2D eigenvalue weighted by molar-refractivity contribution is -0.130. The van der Waals surface area contributed by atoms with Crippen molar-refractivity contribution in [2.45, 2.75) is 0 Å². The first-order valence-corrected chi connectivity index (χ1v) is 4.74. The molecule has 15 heavy (non-hydrogen) atoms. The maximum absolute atomic E-state index is 11.0. The van der Waals surface area contributed by atoms with Crippen molar-refractivity contribution in [3.63, 3.8) is 0 Å². The highest BCUT2D eigenvalue weighted by Gasteiger charge is 2.16. The predicted molar refractivity (Wildman–Crippen MR) is 59.3 cm³/mol. The zero-order valence-electron chi connectivity index (χ0n) is 7.90. The van der Waals surface area contributed by atoms with Gasteiger partial charge in [-0.1, -0.05) is 36.4 Å². The van der Waals surface area contributed by atoms with Crippen molar-refractivity contribution in [3.05, 3.63) is 45.8 Å². The molecule has 2 nitrogen and oxygen atoms in total. The zero-order valence-corrected chi connectivity index (χ0v) is 7.90. The van der Waals surface area contributed by atoms with Crippen LogP contribution in [0.1, 0.15) is 11.1 Å². The van der Waals surface area contributed by atoms with E-state index >= 15 is 0 Å². The van der Waals surface area contributed by atoms with Crippen LogP contribution in [0.5, 0.6) is 0 Å². The Bertz CT molecular complexity index is 646. The zero-order chi connectivity index (χ0) is 10.4. The molecule has 0 fully saturated rings. The molecule has 0 heterocycles. The lowest BCUT2D eigenvalue weighted by atomic mass is 10.0. The topological polar surface area (TPSA) is 37.3 Å². The van der Waals surface area contributed by atoms with Gasteiger partial charge in [-0.25, -0.2) is 4.79 Å². The van der Waals surface area contributed by atoms with Crippen molar-refractivity contribution >= 4 is 29.8 Å². The second-order valence-electron chi connectivity index (χ2n) is 3.61. The summed E-state index contributed by atoms with van der Waals surface area (Å²) in [6.45, 7) is 0. The van der Waals surface area contributed by atoms with Gasteiger partial charge in [0.05, 0.1) is 5.57 Å². The first-order chi connectivity index (χ1) is 7.27. The molecule has 0 spiro atoms. The highest BCUT2D eigenvalue weighted by Crippen LogP contribution is 2.15. The van der Waals surface area contributed by atoms with Gasteiger partial charge in [0, 0.05) is 0 Å². The van der Waals surface area contributed by atoms with Crippen LogP contribution < -0.4 is 10.4 Å². The van der Waals surface area contributed by atoms with Gasteiger partial charge in [0.25, 0.3) is 0 Å². The second-order valence-corrected chi connectivity index (χ2v) is 3.61. The molecule has 1 aromatic rings. The molecule has 2 heteroatoms. The smallest absolute Gasteiger partial charge is 0.336 e. The van der Waals surface area contributed by atoms with Crippen LogP contribution in [0.15, 0.2) is 24.3 Å². The number of aliphatic carboxylic acids is 1. The molecule has 72 valence electrons. The fraction of sp³-hybridized carbons (Fsp3) is 0. The van der Waals surface area contributed by atoms with Gasteiger partial charge in [0.1, 0.15) is 0 Å². The monoisotopic (exact) mass is 196 g/mol. The van der Waals surface area contributed by atoms with Gasteiger partial charge in [-0.3, -0.25) is 0 Å². The van der Waals surface area contributed by atoms with Crippen LogP contribution in [-0.2, 0) is 4.79 Å². The van der Waals surface area contributed by atoms with E-state index in [1.807, 2.05) is 36.4 Å². The van der Waals surface area contributed by atoms with Crippen LogP contribution in [0, 0.1) is 0 Å². The van der Waals surface area contributed by atoms with Crippen molar-refractivity contribution in [3.8, 4) is 0 Å². The standard InChI is InChI=1S/C13H8O2/c14-13(15)12-7-6-10-9-3-1-2-8(9)4-5-11(10)12/h1-7H,(H,14,15). The van der Waals surface area contributed by atoms with Crippen molar-refractivity contribution in [2.75, 3.05) is 0 Å². The van der Waals surface area contributed by atoms with Gasteiger partial charge < -0.3 is 5.11 Å². The van der Waals surface area contributed by atoms with E-state index in [1.54, 1.807) is 6.08 Å². The van der Waals surface area contributed by atoms with Crippen LogP contribution in [0.2, 0.25) is 0 Å². The van der Waals surface area contributed by atoms with Gasteiger partial charge >= 0.3 is 5.97 Å². The lowest BCUT2D eigenvalue weighted by Gasteiger charge is -2.00. The van der Waals surface area contributed by atoms with E-state index in [1.165, 1.54) is 0 Å². The Morgan fingerprint density at radius 1 is 1.07 bits per heavy atom. The lowest BCUT2D eigenvalue weighted by Crippen LogP contribution is -2.28. The van der Waals surface area contributed by atoms with E-state index in [-0.39, 0.29) is 0 Å². The Kier molecular flexibility index (Phi) is 1.48. The molecule has 0 aliphatic heterocycles. The van der Waals surface area contributed by atoms with E-state index in [9.17, 15) is 4.79 Å². The number of carbonyl (C=O) groups is 1. The third kappa shape index (κ3) is 1.02. The molecule has 0 amide bonds. The minimum Gasteiger partial charge on any atom is -0.478 e. The summed E-state index contributed by atoms with van der Waals surface area (Å²) in [6, 6.07) is 3.84. The molecule has 2 aliphatic carbocycles. The van der Waals surface area contributed by atoms with Crippen LogP contribution in [0.3, 0.4) is 0 Å². The van der Waals surface area contributed by atoms with E-state index in [2.05, 4.69) is 0 Å². The first-order valence-electron chi connectivity index (χ1n) is 4.74. The highest BCUT2D eigenvalue weighted by molar-refractivity contribution is 6.18. The summed E-state index contributed by atoms with van der Waals surface area (Å²) < 4.78 is 0. The van der Waals surface area contributed by atoms with Gasteiger partial charge in [-0.05, 0) is 27.6 Å². The highest BCUT2D eigenvalue weighted by atomic mass is 16.4. The van der Waals surface area contributed by atoms with Gasteiger partial charge in [-0.2, -0.15) is 0 Å². The Labute approximate surface area is 86.2 Å². The van der Waals surface area contributed by atoms with Gasteiger partial charge in [0.2, 0.25) is 0 Å². The summed E-state index contributed by atoms with van der Waals surface area (Å²) in [6.07, 6.45) is 9.57.